The van der Waals surface area contributed by atoms with Crippen LogP contribution in [0.25, 0.3) is 6.08 Å². The zero-order chi connectivity index (χ0) is 23.1. The number of hydrogen-bond acceptors (Lipinski definition) is 5. The van der Waals surface area contributed by atoms with Crippen LogP contribution in [0, 0.1) is 11.3 Å². The summed E-state index contributed by atoms with van der Waals surface area (Å²) in [6.07, 6.45) is 1.31. The Balaban J connectivity index is 1.92. The minimum Gasteiger partial charge on any atom is -0.490 e. The maximum absolute atomic E-state index is 12.8. The summed E-state index contributed by atoms with van der Waals surface area (Å²) in [6, 6.07) is 19.7. The fraction of sp³-hybridized carbons (Fsp3) is 0.125. The SMILES string of the molecule is CCOc1cc(C=C(C#N)S(=O)(=O)c2ccccc2)ccc1OCc1c(Cl)cccc1Cl. The molecule has 32 heavy (non-hydrogen) atoms. The molecular weight excluding hydrogens is 469 g/mol. The summed E-state index contributed by atoms with van der Waals surface area (Å²) in [6.45, 7) is 2.31. The lowest BCUT2D eigenvalue weighted by molar-refractivity contribution is 0.269. The molecule has 0 saturated carbocycles. The van der Waals surface area contributed by atoms with Gasteiger partial charge < -0.3 is 9.47 Å². The lowest BCUT2D eigenvalue weighted by atomic mass is 10.2. The number of hydrogen-bond donors (Lipinski definition) is 0. The van der Waals surface area contributed by atoms with Crippen molar-refractivity contribution in [3.8, 4) is 17.6 Å². The minimum atomic E-state index is -3.94. The van der Waals surface area contributed by atoms with Crippen LogP contribution in [0.3, 0.4) is 0 Å². The monoisotopic (exact) mass is 487 g/mol. The average Bonchev–Trinajstić information content (AvgIpc) is 2.79. The molecule has 3 aromatic rings. The Morgan fingerprint density at radius 2 is 1.66 bits per heavy atom. The number of benzene rings is 3. The van der Waals surface area contributed by atoms with Gasteiger partial charge in [0.2, 0.25) is 9.84 Å². The zero-order valence-electron chi connectivity index (χ0n) is 17.1. The molecular formula is C24H19Cl2NO4S. The van der Waals surface area contributed by atoms with Crippen molar-refractivity contribution in [2.45, 2.75) is 18.4 Å². The van der Waals surface area contributed by atoms with Crippen LogP contribution in [-0.4, -0.2) is 15.0 Å². The normalized spacial score (nSPS) is 11.6. The summed E-state index contributed by atoms with van der Waals surface area (Å²) in [5.74, 6) is 0.836. The highest BCUT2D eigenvalue weighted by molar-refractivity contribution is 7.95. The van der Waals surface area contributed by atoms with E-state index >= 15 is 0 Å². The molecule has 5 nitrogen and oxygen atoms in total. The fourth-order valence-electron chi connectivity index (χ4n) is 2.87. The van der Waals surface area contributed by atoms with E-state index in [1.165, 1.54) is 18.2 Å². The smallest absolute Gasteiger partial charge is 0.216 e. The van der Waals surface area contributed by atoms with E-state index in [-0.39, 0.29) is 16.4 Å². The molecule has 0 amide bonds. The highest BCUT2D eigenvalue weighted by atomic mass is 35.5. The predicted octanol–water partition coefficient (Wildman–Crippen LogP) is 6.31. The van der Waals surface area contributed by atoms with Crippen LogP contribution in [0.4, 0.5) is 0 Å². The van der Waals surface area contributed by atoms with Crippen molar-refractivity contribution in [2.75, 3.05) is 6.61 Å². The van der Waals surface area contributed by atoms with Crippen LogP contribution in [0.15, 0.2) is 76.5 Å². The van der Waals surface area contributed by atoms with E-state index in [2.05, 4.69) is 0 Å². The van der Waals surface area contributed by atoms with Crippen LogP contribution < -0.4 is 9.47 Å². The molecule has 0 aromatic heterocycles. The maximum atomic E-state index is 12.8. The summed E-state index contributed by atoms with van der Waals surface area (Å²) >= 11 is 12.4. The van der Waals surface area contributed by atoms with E-state index in [1.807, 2.05) is 6.92 Å². The van der Waals surface area contributed by atoms with Crippen molar-refractivity contribution >= 4 is 39.1 Å². The molecule has 0 aliphatic heterocycles. The van der Waals surface area contributed by atoms with E-state index in [9.17, 15) is 13.7 Å². The summed E-state index contributed by atoms with van der Waals surface area (Å²) in [4.78, 5) is -0.322. The van der Waals surface area contributed by atoms with Gasteiger partial charge >= 0.3 is 0 Å². The molecule has 0 atom stereocenters. The first-order valence-electron chi connectivity index (χ1n) is 9.61. The summed E-state index contributed by atoms with van der Waals surface area (Å²) < 4.78 is 37.1. The lowest BCUT2D eigenvalue weighted by Gasteiger charge is -2.14. The Labute approximate surface area is 197 Å². The van der Waals surface area contributed by atoms with Crippen molar-refractivity contribution in [1.29, 1.82) is 5.26 Å². The second-order valence-corrected chi connectivity index (χ2v) is 9.30. The largest absolute Gasteiger partial charge is 0.490 e. The van der Waals surface area contributed by atoms with Gasteiger partial charge in [-0.2, -0.15) is 5.26 Å². The minimum absolute atomic E-state index is 0.0504. The van der Waals surface area contributed by atoms with Gasteiger partial charge in [0.1, 0.15) is 17.6 Å². The maximum Gasteiger partial charge on any atom is 0.216 e. The van der Waals surface area contributed by atoms with Gasteiger partial charge in [-0.1, -0.05) is 53.5 Å². The number of allylic oxidation sites excluding steroid dienone is 1. The zero-order valence-corrected chi connectivity index (χ0v) is 19.4. The van der Waals surface area contributed by atoms with Gasteiger partial charge in [0.05, 0.1) is 11.5 Å². The molecule has 3 aromatic carbocycles. The van der Waals surface area contributed by atoms with Crippen molar-refractivity contribution in [2.24, 2.45) is 0 Å². The molecule has 0 spiro atoms. The average molecular weight is 488 g/mol. The van der Waals surface area contributed by atoms with E-state index in [4.69, 9.17) is 32.7 Å². The Morgan fingerprint density at radius 3 is 2.28 bits per heavy atom. The molecule has 3 rings (SSSR count). The second-order valence-electron chi connectivity index (χ2n) is 6.56. The van der Waals surface area contributed by atoms with Crippen molar-refractivity contribution in [1.82, 2.24) is 0 Å². The molecule has 0 aliphatic carbocycles. The highest BCUT2D eigenvalue weighted by Gasteiger charge is 2.20. The van der Waals surface area contributed by atoms with E-state index in [1.54, 1.807) is 60.7 Å². The van der Waals surface area contributed by atoms with Crippen LogP contribution in [0.5, 0.6) is 11.5 Å². The van der Waals surface area contributed by atoms with Crippen LogP contribution in [0.1, 0.15) is 18.1 Å². The topological polar surface area (TPSA) is 76.4 Å². The van der Waals surface area contributed by atoms with Crippen molar-refractivity contribution < 1.29 is 17.9 Å². The first-order valence-corrected chi connectivity index (χ1v) is 11.8. The molecule has 164 valence electrons. The Hall–Kier alpha value is -2.98. The molecule has 0 heterocycles. The molecule has 8 heteroatoms. The molecule has 0 N–H and O–H groups in total. The van der Waals surface area contributed by atoms with Gasteiger partial charge in [-0.3, -0.25) is 0 Å². The number of halogens is 2. The third kappa shape index (κ3) is 5.43. The van der Waals surface area contributed by atoms with E-state index < -0.39 is 9.84 Å². The molecule has 0 unspecified atom stereocenters. The Morgan fingerprint density at radius 1 is 0.969 bits per heavy atom. The third-order valence-corrected chi connectivity index (χ3v) is 6.84. The summed E-state index contributed by atoms with van der Waals surface area (Å²) in [5, 5.41) is 10.5. The van der Waals surface area contributed by atoms with Crippen LogP contribution >= 0.6 is 23.2 Å². The molecule has 0 bridgehead atoms. The first-order chi connectivity index (χ1) is 15.4. The van der Waals surface area contributed by atoms with Crippen molar-refractivity contribution in [3.05, 3.63) is 92.8 Å². The summed E-state index contributed by atoms with van der Waals surface area (Å²) in [5.41, 5.74) is 1.12. The number of sulfone groups is 1. The van der Waals surface area contributed by atoms with Gasteiger partial charge in [0.25, 0.3) is 0 Å². The molecule has 0 aliphatic rings. The fourth-order valence-corrected chi connectivity index (χ4v) is 4.56. The van der Waals surface area contributed by atoms with Crippen LogP contribution in [0.2, 0.25) is 10.0 Å². The highest BCUT2D eigenvalue weighted by Crippen LogP contribution is 2.33. The Kier molecular flexibility index (Phi) is 7.81. The third-order valence-electron chi connectivity index (χ3n) is 4.45. The Bertz CT molecular complexity index is 1260. The number of ether oxygens (including phenoxy) is 2. The standard InChI is InChI=1S/C24H19Cl2NO4S/c1-2-30-24-14-17(13-19(15-27)32(28,29)18-7-4-3-5-8-18)11-12-23(24)31-16-20-21(25)9-6-10-22(20)26/h3-14H,2,16H2,1H3. The number of nitriles is 1. The van der Waals surface area contributed by atoms with Gasteiger partial charge in [0, 0.05) is 15.6 Å². The van der Waals surface area contributed by atoms with Crippen molar-refractivity contribution in [3.63, 3.8) is 0 Å². The van der Waals surface area contributed by atoms with Crippen LogP contribution in [-0.2, 0) is 16.4 Å². The van der Waals surface area contributed by atoms with Gasteiger partial charge in [-0.05, 0) is 55.0 Å². The number of nitrogens with zero attached hydrogens (tertiary/aromatic N) is 1. The quantitative estimate of drug-likeness (QED) is 0.348. The van der Waals surface area contributed by atoms with E-state index in [0.29, 0.717) is 39.3 Å². The van der Waals surface area contributed by atoms with E-state index in [0.717, 1.165) is 0 Å². The lowest BCUT2D eigenvalue weighted by Crippen LogP contribution is -2.03. The molecule has 0 saturated heterocycles. The van der Waals surface area contributed by atoms with Gasteiger partial charge in [-0.25, -0.2) is 8.42 Å². The summed E-state index contributed by atoms with van der Waals surface area (Å²) in [7, 11) is -3.94. The molecule has 0 fully saturated rings. The molecule has 0 radical (unpaired) electrons. The second kappa shape index (κ2) is 10.6. The van der Waals surface area contributed by atoms with Gasteiger partial charge in [0.15, 0.2) is 11.5 Å². The van der Waals surface area contributed by atoms with Gasteiger partial charge in [-0.15, -0.1) is 0 Å². The predicted molar refractivity (Wildman–Crippen MR) is 126 cm³/mol. The first kappa shape index (κ1) is 23.7. The number of rotatable bonds is 8.